The first-order chi connectivity index (χ1) is 15.5. The number of nitrogens with zero attached hydrogens (tertiary/aromatic N) is 2. The van der Waals surface area contributed by atoms with E-state index in [4.69, 9.17) is 0 Å². The molecular formula is C25H27FN4O2. The lowest BCUT2D eigenvalue weighted by Gasteiger charge is -2.32. The van der Waals surface area contributed by atoms with Crippen LogP contribution >= 0.6 is 0 Å². The van der Waals surface area contributed by atoms with E-state index in [1.807, 2.05) is 37.3 Å². The van der Waals surface area contributed by atoms with Gasteiger partial charge in [0, 0.05) is 18.7 Å². The van der Waals surface area contributed by atoms with Gasteiger partial charge in [0.05, 0.1) is 23.9 Å². The number of rotatable bonds is 6. The number of H-pyrrole nitrogens is 1. The molecule has 0 radical (unpaired) electrons. The standard InChI is InChI=1S/C25H27FN4O2/c1-2-21(23-27-15-22(28-23)17-7-4-3-5-8-17)29-24(31)19-9-6-14-30(16-19)25(32)18-10-12-20(26)13-11-18/h3-5,7-8,10-13,15,19,21H,2,6,9,14,16H2,1H3,(H,27,28)(H,29,31). The first kappa shape index (κ1) is 21.7. The summed E-state index contributed by atoms with van der Waals surface area (Å²) >= 11 is 0. The fraction of sp³-hybridized carbons (Fsp3) is 0.320. The zero-order chi connectivity index (χ0) is 22.5. The maximum absolute atomic E-state index is 13.2. The van der Waals surface area contributed by atoms with Crippen LogP contribution in [0.3, 0.4) is 0 Å². The Hall–Kier alpha value is -3.48. The summed E-state index contributed by atoms with van der Waals surface area (Å²) in [6, 6.07) is 15.2. The predicted octanol–water partition coefficient (Wildman–Crippen LogP) is 4.34. The molecule has 0 bridgehead atoms. The zero-order valence-corrected chi connectivity index (χ0v) is 18.1. The highest BCUT2D eigenvalue weighted by molar-refractivity contribution is 5.94. The van der Waals surface area contributed by atoms with Gasteiger partial charge in [-0.1, -0.05) is 37.3 Å². The molecule has 2 amide bonds. The Morgan fingerprint density at radius 2 is 1.94 bits per heavy atom. The molecule has 2 atom stereocenters. The van der Waals surface area contributed by atoms with E-state index in [1.54, 1.807) is 11.1 Å². The molecule has 0 spiro atoms. The maximum atomic E-state index is 13.2. The minimum Gasteiger partial charge on any atom is -0.346 e. The number of amides is 2. The van der Waals surface area contributed by atoms with Crippen LogP contribution in [-0.4, -0.2) is 39.8 Å². The molecule has 32 heavy (non-hydrogen) atoms. The summed E-state index contributed by atoms with van der Waals surface area (Å²) in [5.41, 5.74) is 2.37. The Labute approximate surface area is 186 Å². The number of hydrogen-bond donors (Lipinski definition) is 2. The maximum Gasteiger partial charge on any atom is 0.253 e. The second-order valence-corrected chi connectivity index (χ2v) is 8.11. The third kappa shape index (κ3) is 4.88. The molecule has 2 aromatic carbocycles. The molecule has 1 aliphatic heterocycles. The van der Waals surface area contributed by atoms with Crippen molar-refractivity contribution >= 4 is 11.8 Å². The molecule has 4 rings (SSSR count). The summed E-state index contributed by atoms with van der Waals surface area (Å²) in [4.78, 5) is 35.3. The van der Waals surface area contributed by atoms with E-state index < -0.39 is 0 Å². The van der Waals surface area contributed by atoms with Crippen molar-refractivity contribution in [3.05, 3.63) is 78.0 Å². The molecule has 1 fully saturated rings. The number of aromatic amines is 1. The molecule has 166 valence electrons. The minimum atomic E-state index is -0.378. The average molecular weight is 435 g/mol. The average Bonchev–Trinajstić information content (AvgIpc) is 3.33. The number of benzene rings is 2. The lowest BCUT2D eigenvalue weighted by molar-refractivity contribution is -0.127. The van der Waals surface area contributed by atoms with Gasteiger partial charge in [-0.05, 0) is 49.1 Å². The predicted molar refractivity (Wildman–Crippen MR) is 120 cm³/mol. The highest BCUT2D eigenvalue weighted by atomic mass is 19.1. The number of carbonyl (C=O) groups excluding carboxylic acids is 2. The number of nitrogens with one attached hydrogen (secondary N) is 2. The number of carbonyl (C=O) groups is 2. The van der Waals surface area contributed by atoms with Gasteiger partial charge in [-0.3, -0.25) is 9.59 Å². The largest absolute Gasteiger partial charge is 0.346 e. The van der Waals surface area contributed by atoms with Gasteiger partial charge < -0.3 is 15.2 Å². The Bertz CT molecular complexity index is 1070. The monoisotopic (exact) mass is 434 g/mol. The number of piperidine rings is 1. The number of aromatic nitrogens is 2. The van der Waals surface area contributed by atoms with Crippen LogP contribution in [0.4, 0.5) is 4.39 Å². The second-order valence-electron chi connectivity index (χ2n) is 8.11. The summed E-state index contributed by atoms with van der Waals surface area (Å²) < 4.78 is 13.2. The lowest BCUT2D eigenvalue weighted by Crippen LogP contribution is -2.46. The fourth-order valence-electron chi connectivity index (χ4n) is 4.08. The molecule has 2 N–H and O–H groups in total. The normalized spacial score (nSPS) is 17.1. The van der Waals surface area contributed by atoms with Crippen LogP contribution in [0, 0.1) is 11.7 Å². The van der Waals surface area contributed by atoms with E-state index in [0.717, 1.165) is 29.9 Å². The van der Waals surface area contributed by atoms with E-state index in [0.29, 0.717) is 25.1 Å². The quantitative estimate of drug-likeness (QED) is 0.606. The molecule has 2 heterocycles. The van der Waals surface area contributed by atoms with Crippen LogP contribution in [0.1, 0.15) is 48.4 Å². The van der Waals surface area contributed by atoms with Crippen molar-refractivity contribution in [2.24, 2.45) is 5.92 Å². The van der Waals surface area contributed by atoms with Gasteiger partial charge >= 0.3 is 0 Å². The highest BCUT2D eigenvalue weighted by Crippen LogP contribution is 2.23. The zero-order valence-electron chi connectivity index (χ0n) is 18.1. The van der Waals surface area contributed by atoms with Crippen LogP contribution in [-0.2, 0) is 4.79 Å². The van der Waals surface area contributed by atoms with Gasteiger partial charge in [0.2, 0.25) is 5.91 Å². The summed E-state index contributed by atoms with van der Waals surface area (Å²) in [6.07, 6.45) is 3.95. The number of halogens is 1. The van der Waals surface area contributed by atoms with Crippen molar-refractivity contribution in [1.82, 2.24) is 20.2 Å². The third-order valence-electron chi connectivity index (χ3n) is 5.91. The van der Waals surface area contributed by atoms with E-state index in [9.17, 15) is 14.0 Å². The van der Waals surface area contributed by atoms with Gasteiger partial charge in [-0.25, -0.2) is 9.37 Å². The van der Waals surface area contributed by atoms with Crippen molar-refractivity contribution in [3.63, 3.8) is 0 Å². The molecule has 1 saturated heterocycles. The molecule has 0 aliphatic carbocycles. The Kier molecular flexibility index (Phi) is 6.63. The van der Waals surface area contributed by atoms with Gasteiger partial charge in [0.1, 0.15) is 11.6 Å². The SMILES string of the molecule is CCC(NC(=O)C1CCCN(C(=O)c2ccc(F)cc2)C1)c1ncc(-c2ccccc2)[nH]1. The van der Waals surface area contributed by atoms with Gasteiger partial charge in [0.25, 0.3) is 5.91 Å². The molecule has 1 aliphatic rings. The van der Waals surface area contributed by atoms with Gasteiger partial charge in [-0.15, -0.1) is 0 Å². The summed E-state index contributed by atoms with van der Waals surface area (Å²) in [5, 5.41) is 3.10. The van der Waals surface area contributed by atoms with Crippen LogP contribution in [0.15, 0.2) is 60.8 Å². The summed E-state index contributed by atoms with van der Waals surface area (Å²) in [7, 11) is 0. The third-order valence-corrected chi connectivity index (χ3v) is 5.91. The van der Waals surface area contributed by atoms with Crippen molar-refractivity contribution in [2.75, 3.05) is 13.1 Å². The van der Waals surface area contributed by atoms with E-state index in [-0.39, 0.29) is 29.6 Å². The molecule has 1 aromatic heterocycles. The second kappa shape index (κ2) is 9.77. The van der Waals surface area contributed by atoms with Gasteiger partial charge in [0.15, 0.2) is 0 Å². The Morgan fingerprint density at radius 1 is 1.19 bits per heavy atom. The van der Waals surface area contributed by atoms with Crippen LogP contribution in [0.25, 0.3) is 11.3 Å². The molecular weight excluding hydrogens is 407 g/mol. The Balaban J connectivity index is 1.40. The van der Waals surface area contributed by atoms with Crippen LogP contribution in [0.2, 0.25) is 0 Å². The lowest BCUT2D eigenvalue weighted by atomic mass is 9.96. The van der Waals surface area contributed by atoms with Crippen LogP contribution < -0.4 is 5.32 Å². The molecule has 6 nitrogen and oxygen atoms in total. The molecule has 7 heteroatoms. The molecule has 2 unspecified atom stereocenters. The minimum absolute atomic E-state index is 0.0777. The number of imidazole rings is 1. The van der Waals surface area contributed by atoms with Gasteiger partial charge in [-0.2, -0.15) is 0 Å². The number of likely N-dealkylation sites (tertiary alicyclic amines) is 1. The topological polar surface area (TPSA) is 78.1 Å². The van der Waals surface area contributed by atoms with E-state index >= 15 is 0 Å². The molecule has 3 aromatic rings. The number of hydrogen-bond acceptors (Lipinski definition) is 3. The van der Waals surface area contributed by atoms with E-state index in [2.05, 4.69) is 15.3 Å². The van der Waals surface area contributed by atoms with Crippen molar-refractivity contribution in [3.8, 4) is 11.3 Å². The van der Waals surface area contributed by atoms with Crippen LogP contribution in [0.5, 0.6) is 0 Å². The fourth-order valence-corrected chi connectivity index (χ4v) is 4.08. The Morgan fingerprint density at radius 3 is 2.66 bits per heavy atom. The summed E-state index contributed by atoms with van der Waals surface area (Å²) in [5.74, 6) is -0.198. The first-order valence-corrected chi connectivity index (χ1v) is 11.0. The highest BCUT2D eigenvalue weighted by Gasteiger charge is 2.30. The smallest absolute Gasteiger partial charge is 0.253 e. The van der Waals surface area contributed by atoms with Crippen molar-refractivity contribution in [1.29, 1.82) is 0 Å². The van der Waals surface area contributed by atoms with Crippen molar-refractivity contribution < 1.29 is 14.0 Å². The first-order valence-electron chi connectivity index (χ1n) is 11.0. The van der Waals surface area contributed by atoms with E-state index in [1.165, 1.54) is 24.3 Å². The summed E-state index contributed by atoms with van der Waals surface area (Å²) in [6.45, 7) is 2.95. The molecule has 0 saturated carbocycles. The van der Waals surface area contributed by atoms with Crippen molar-refractivity contribution in [2.45, 2.75) is 32.2 Å².